The molecule has 1 aliphatic heterocycles. The molecule has 0 aliphatic carbocycles. The standard InChI is InChI=1S/C16H23NO2/c1-11-6-5-7-12(8-11)13-9-17-10-14(13)15(18)19-16(2,3)4/h5-8,13-14,17H,9-10H2,1-4H3/t13-,14+/m0/s1. The normalized spacial score (nSPS) is 23.4. The minimum Gasteiger partial charge on any atom is -0.460 e. The fraction of sp³-hybridized carbons (Fsp3) is 0.562. The molecule has 1 aromatic carbocycles. The molecule has 0 unspecified atom stereocenters. The molecule has 1 heterocycles. The molecule has 0 amide bonds. The molecule has 1 saturated heterocycles. The Kier molecular flexibility index (Phi) is 3.95. The first kappa shape index (κ1) is 14.1. The van der Waals surface area contributed by atoms with Crippen LogP contribution in [-0.2, 0) is 9.53 Å². The van der Waals surface area contributed by atoms with Crippen molar-refractivity contribution in [3.63, 3.8) is 0 Å². The van der Waals surface area contributed by atoms with Crippen molar-refractivity contribution in [3.8, 4) is 0 Å². The summed E-state index contributed by atoms with van der Waals surface area (Å²) in [6.45, 7) is 9.36. The largest absolute Gasteiger partial charge is 0.460 e. The molecule has 1 N–H and O–H groups in total. The lowest BCUT2D eigenvalue weighted by Gasteiger charge is -2.24. The maximum atomic E-state index is 12.3. The summed E-state index contributed by atoms with van der Waals surface area (Å²) in [6.07, 6.45) is 0. The van der Waals surface area contributed by atoms with E-state index in [1.54, 1.807) is 0 Å². The fourth-order valence-corrected chi connectivity index (χ4v) is 2.55. The second-order valence-electron chi connectivity index (χ2n) is 6.32. The summed E-state index contributed by atoms with van der Waals surface area (Å²) >= 11 is 0. The lowest BCUT2D eigenvalue weighted by molar-refractivity contribution is -0.159. The van der Waals surface area contributed by atoms with Gasteiger partial charge in [-0.05, 0) is 33.3 Å². The van der Waals surface area contributed by atoms with E-state index in [0.29, 0.717) is 6.54 Å². The summed E-state index contributed by atoms with van der Waals surface area (Å²) in [6, 6.07) is 8.39. The van der Waals surface area contributed by atoms with E-state index in [4.69, 9.17) is 4.74 Å². The maximum Gasteiger partial charge on any atom is 0.311 e. The van der Waals surface area contributed by atoms with Crippen LogP contribution in [0.25, 0.3) is 0 Å². The number of carbonyl (C=O) groups excluding carboxylic acids is 1. The van der Waals surface area contributed by atoms with Crippen LogP contribution in [0.1, 0.15) is 37.8 Å². The molecule has 19 heavy (non-hydrogen) atoms. The highest BCUT2D eigenvalue weighted by Crippen LogP contribution is 2.30. The van der Waals surface area contributed by atoms with E-state index in [1.807, 2.05) is 20.8 Å². The van der Waals surface area contributed by atoms with E-state index in [-0.39, 0.29) is 17.8 Å². The lowest BCUT2D eigenvalue weighted by atomic mass is 9.88. The SMILES string of the molecule is Cc1cccc([C@@H]2CNC[C@H]2C(=O)OC(C)(C)C)c1. The first-order chi connectivity index (χ1) is 8.87. The summed E-state index contributed by atoms with van der Waals surface area (Å²) in [7, 11) is 0. The van der Waals surface area contributed by atoms with E-state index < -0.39 is 5.60 Å². The quantitative estimate of drug-likeness (QED) is 0.832. The summed E-state index contributed by atoms with van der Waals surface area (Å²) < 4.78 is 5.52. The van der Waals surface area contributed by atoms with Crippen molar-refractivity contribution >= 4 is 5.97 Å². The minimum absolute atomic E-state index is 0.0824. The maximum absolute atomic E-state index is 12.3. The van der Waals surface area contributed by atoms with Crippen molar-refractivity contribution < 1.29 is 9.53 Å². The average Bonchev–Trinajstić information content (AvgIpc) is 2.75. The van der Waals surface area contributed by atoms with Crippen LogP contribution in [0.2, 0.25) is 0 Å². The first-order valence-electron chi connectivity index (χ1n) is 6.87. The fourth-order valence-electron chi connectivity index (χ4n) is 2.55. The Labute approximate surface area is 115 Å². The van der Waals surface area contributed by atoms with Crippen LogP contribution in [0.3, 0.4) is 0 Å². The Morgan fingerprint density at radius 1 is 1.32 bits per heavy atom. The Hall–Kier alpha value is -1.35. The summed E-state index contributed by atoms with van der Waals surface area (Å²) in [5, 5.41) is 3.31. The van der Waals surface area contributed by atoms with Gasteiger partial charge < -0.3 is 10.1 Å². The molecule has 1 aromatic rings. The number of benzene rings is 1. The number of rotatable bonds is 2. The third-order valence-corrected chi connectivity index (χ3v) is 3.39. The van der Waals surface area contributed by atoms with E-state index in [0.717, 1.165) is 6.54 Å². The molecular formula is C16H23NO2. The monoisotopic (exact) mass is 261 g/mol. The van der Waals surface area contributed by atoms with Crippen molar-refractivity contribution in [2.45, 2.75) is 39.2 Å². The van der Waals surface area contributed by atoms with Gasteiger partial charge in [-0.25, -0.2) is 0 Å². The molecule has 0 saturated carbocycles. The highest BCUT2D eigenvalue weighted by atomic mass is 16.6. The van der Waals surface area contributed by atoms with Crippen LogP contribution in [0.4, 0.5) is 0 Å². The zero-order chi connectivity index (χ0) is 14.0. The molecule has 0 aromatic heterocycles. The number of hydrogen-bond acceptors (Lipinski definition) is 3. The topological polar surface area (TPSA) is 38.3 Å². The second kappa shape index (κ2) is 5.33. The molecule has 1 aliphatic rings. The molecule has 2 rings (SSSR count). The van der Waals surface area contributed by atoms with Crippen molar-refractivity contribution in [1.29, 1.82) is 0 Å². The molecule has 0 radical (unpaired) electrons. The Morgan fingerprint density at radius 2 is 2.05 bits per heavy atom. The van der Waals surface area contributed by atoms with Gasteiger partial charge in [-0.1, -0.05) is 29.8 Å². The number of hydrogen-bond donors (Lipinski definition) is 1. The van der Waals surface area contributed by atoms with Crippen molar-refractivity contribution in [1.82, 2.24) is 5.32 Å². The van der Waals surface area contributed by atoms with Crippen molar-refractivity contribution in [2.75, 3.05) is 13.1 Å². The van der Waals surface area contributed by atoms with E-state index in [1.165, 1.54) is 11.1 Å². The van der Waals surface area contributed by atoms with Gasteiger partial charge in [-0.15, -0.1) is 0 Å². The third-order valence-electron chi connectivity index (χ3n) is 3.39. The lowest BCUT2D eigenvalue weighted by Crippen LogP contribution is -2.31. The number of nitrogens with one attached hydrogen (secondary N) is 1. The number of aryl methyl sites for hydroxylation is 1. The highest BCUT2D eigenvalue weighted by molar-refractivity contribution is 5.75. The number of esters is 1. The molecule has 3 heteroatoms. The number of ether oxygens (including phenoxy) is 1. The van der Waals surface area contributed by atoms with Gasteiger partial charge in [-0.3, -0.25) is 4.79 Å². The van der Waals surface area contributed by atoms with E-state index >= 15 is 0 Å². The van der Waals surface area contributed by atoms with E-state index in [9.17, 15) is 4.79 Å². The smallest absolute Gasteiger partial charge is 0.311 e. The Bertz CT molecular complexity index is 462. The summed E-state index contributed by atoms with van der Waals surface area (Å²) in [4.78, 5) is 12.3. The molecule has 104 valence electrons. The van der Waals surface area contributed by atoms with Gasteiger partial charge in [0.05, 0.1) is 5.92 Å². The molecule has 2 atom stereocenters. The predicted octanol–water partition coefficient (Wildman–Crippen LogP) is 2.64. The van der Waals surface area contributed by atoms with Crippen LogP contribution in [-0.4, -0.2) is 24.7 Å². The zero-order valence-corrected chi connectivity index (χ0v) is 12.2. The van der Waals surface area contributed by atoms with Gasteiger partial charge in [0.1, 0.15) is 5.60 Å². The molecule has 1 fully saturated rings. The van der Waals surface area contributed by atoms with Crippen LogP contribution in [0.5, 0.6) is 0 Å². The Morgan fingerprint density at radius 3 is 2.68 bits per heavy atom. The van der Waals surface area contributed by atoms with Gasteiger partial charge in [0.2, 0.25) is 0 Å². The van der Waals surface area contributed by atoms with Gasteiger partial charge in [-0.2, -0.15) is 0 Å². The summed E-state index contributed by atoms with van der Waals surface area (Å²) in [5.74, 6) is 0.0415. The van der Waals surface area contributed by atoms with Gasteiger partial charge in [0.25, 0.3) is 0 Å². The third kappa shape index (κ3) is 3.57. The summed E-state index contributed by atoms with van der Waals surface area (Å²) in [5.41, 5.74) is 2.03. The van der Waals surface area contributed by atoms with Gasteiger partial charge in [0, 0.05) is 19.0 Å². The van der Waals surface area contributed by atoms with Crippen molar-refractivity contribution in [2.24, 2.45) is 5.92 Å². The van der Waals surface area contributed by atoms with Gasteiger partial charge in [0.15, 0.2) is 0 Å². The molecule has 3 nitrogen and oxygen atoms in total. The average molecular weight is 261 g/mol. The number of carbonyl (C=O) groups is 1. The minimum atomic E-state index is -0.420. The van der Waals surface area contributed by atoms with Crippen molar-refractivity contribution in [3.05, 3.63) is 35.4 Å². The van der Waals surface area contributed by atoms with Crippen LogP contribution >= 0.6 is 0 Å². The molecular weight excluding hydrogens is 238 g/mol. The Balaban J connectivity index is 2.15. The highest BCUT2D eigenvalue weighted by Gasteiger charge is 2.36. The second-order valence-corrected chi connectivity index (χ2v) is 6.32. The van der Waals surface area contributed by atoms with Crippen LogP contribution in [0.15, 0.2) is 24.3 Å². The zero-order valence-electron chi connectivity index (χ0n) is 12.2. The molecule has 0 spiro atoms. The molecule has 0 bridgehead atoms. The predicted molar refractivity (Wildman–Crippen MR) is 76.1 cm³/mol. The van der Waals surface area contributed by atoms with E-state index in [2.05, 4.69) is 36.5 Å². The van der Waals surface area contributed by atoms with Gasteiger partial charge >= 0.3 is 5.97 Å². The van der Waals surface area contributed by atoms with Crippen LogP contribution < -0.4 is 5.32 Å². The van der Waals surface area contributed by atoms with Crippen LogP contribution in [0, 0.1) is 12.8 Å². The first-order valence-corrected chi connectivity index (χ1v) is 6.87.